The van der Waals surface area contributed by atoms with Gasteiger partial charge in [-0.05, 0) is 43.7 Å². The van der Waals surface area contributed by atoms with Crippen LogP contribution in [0.25, 0.3) is 11.2 Å². The summed E-state index contributed by atoms with van der Waals surface area (Å²) in [5, 5.41) is 60.9. The maximum Gasteiger partial charge on any atom is 0.490 e. The molecule has 352 valence electrons. The van der Waals surface area contributed by atoms with Crippen molar-refractivity contribution in [2.45, 2.75) is 80.2 Å². The third-order valence-electron chi connectivity index (χ3n) is 9.38. The second-order valence-electron chi connectivity index (χ2n) is 13.9. The van der Waals surface area contributed by atoms with Crippen molar-refractivity contribution in [1.29, 1.82) is 0 Å². The van der Waals surface area contributed by atoms with Gasteiger partial charge in [0.1, 0.15) is 12.2 Å². The fourth-order valence-corrected chi connectivity index (χ4v) is 7.31. The van der Waals surface area contributed by atoms with E-state index in [2.05, 4.69) is 46.4 Å². The SMILES string of the molecule is CCn1nnc([C@H]2O[C@@H](n3cnc4c(NCCNS(=O)(=O)c5ccccc5)nc(N5CC[C@@H](NC(=O)N[C@@H]6CCNC6)C5)nc43)[C@H](O)[C@@H]2O)n1.O=C(O)C(F)(F)F.O=C(O)C(F)(F)F. The van der Waals surface area contributed by atoms with Crippen LogP contribution in [0.3, 0.4) is 0 Å². The van der Waals surface area contributed by atoms with Crippen molar-refractivity contribution in [1.82, 2.24) is 60.4 Å². The minimum atomic E-state index is -5.08. The number of halogens is 6. The number of aromatic nitrogens is 8. The summed E-state index contributed by atoms with van der Waals surface area (Å²) in [6.07, 6.45) is -12.1. The highest BCUT2D eigenvalue weighted by molar-refractivity contribution is 7.89. The number of carboxylic acid groups (broad SMARTS) is 2. The van der Waals surface area contributed by atoms with E-state index >= 15 is 0 Å². The Morgan fingerprint density at radius 2 is 1.59 bits per heavy atom. The van der Waals surface area contributed by atoms with Gasteiger partial charge in [0.15, 0.2) is 29.3 Å². The van der Waals surface area contributed by atoms with Crippen LogP contribution in [0.5, 0.6) is 0 Å². The molecular formula is C33H42F6N14O10S. The van der Waals surface area contributed by atoms with Crippen molar-refractivity contribution in [3.8, 4) is 0 Å². The van der Waals surface area contributed by atoms with Crippen LogP contribution < -0.4 is 30.9 Å². The summed E-state index contributed by atoms with van der Waals surface area (Å²) < 4.78 is 99.2. The van der Waals surface area contributed by atoms with Crippen LogP contribution in [0.2, 0.25) is 0 Å². The van der Waals surface area contributed by atoms with E-state index in [4.69, 9.17) is 34.5 Å². The molecular weight excluding hydrogens is 899 g/mol. The van der Waals surface area contributed by atoms with Crippen molar-refractivity contribution < 1.29 is 74.3 Å². The van der Waals surface area contributed by atoms with Crippen LogP contribution in [0.1, 0.15) is 37.9 Å². The summed E-state index contributed by atoms with van der Waals surface area (Å²) in [6.45, 7) is 5.11. The Morgan fingerprint density at radius 1 is 0.938 bits per heavy atom. The Labute approximate surface area is 357 Å². The van der Waals surface area contributed by atoms with E-state index in [-0.39, 0.29) is 41.9 Å². The fourth-order valence-electron chi connectivity index (χ4n) is 6.26. The first-order valence-electron chi connectivity index (χ1n) is 19.0. The number of aliphatic hydroxyl groups excluding tert-OH is 2. The lowest BCUT2D eigenvalue weighted by atomic mass is 10.1. The summed E-state index contributed by atoms with van der Waals surface area (Å²) in [5.74, 6) is -4.74. The maximum atomic E-state index is 12.7. The Bertz CT molecular complexity index is 2310. The zero-order valence-electron chi connectivity index (χ0n) is 33.2. The lowest BCUT2D eigenvalue weighted by Crippen LogP contribution is -2.47. The third kappa shape index (κ3) is 12.6. The molecule has 4 aromatic rings. The molecule has 0 unspecified atom stereocenters. The number of carbonyl (C=O) groups excluding carboxylic acids is 1. The fraction of sp³-hybridized carbons (Fsp3) is 0.545. The molecule has 3 aliphatic rings. The van der Waals surface area contributed by atoms with Crippen LogP contribution in [0, 0.1) is 0 Å². The zero-order valence-corrected chi connectivity index (χ0v) is 34.0. The van der Waals surface area contributed by atoms with E-state index in [0.717, 1.165) is 19.5 Å². The summed E-state index contributed by atoms with van der Waals surface area (Å²) in [7, 11) is -3.73. The van der Waals surface area contributed by atoms with Crippen molar-refractivity contribution in [3.05, 3.63) is 42.5 Å². The number of nitrogens with one attached hydrogen (secondary N) is 5. The molecule has 6 heterocycles. The minimum absolute atomic E-state index is 0.0455. The first kappa shape index (κ1) is 49.0. The molecule has 0 aliphatic carbocycles. The van der Waals surface area contributed by atoms with Crippen LogP contribution in [0.4, 0.5) is 42.9 Å². The van der Waals surface area contributed by atoms with Gasteiger partial charge in [-0.15, -0.1) is 10.2 Å². The monoisotopic (exact) mass is 940 g/mol. The molecule has 0 radical (unpaired) electrons. The predicted molar refractivity (Wildman–Crippen MR) is 205 cm³/mol. The predicted octanol–water partition coefficient (Wildman–Crippen LogP) is -0.279. The third-order valence-corrected chi connectivity index (χ3v) is 10.9. The number of carboxylic acids is 2. The number of fused-ring (bicyclic) bond motifs is 1. The molecule has 3 aromatic heterocycles. The van der Waals surface area contributed by atoms with Crippen molar-refractivity contribution in [2.75, 3.05) is 49.5 Å². The van der Waals surface area contributed by atoms with Gasteiger partial charge >= 0.3 is 30.3 Å². The van der Waals surface area contributed by atoms with Gasteiger partial charge in [0.2, 0.25) is 21.8 Å². The number of hydrogen-bond donors (Lipinski definition) is 9. The normalized spacial score (nSPS) is 22.3. The highest BCUT2D eigenvalue weighted by Crippen LogP contribution is 2.39. The van der Waals surface area contributed by atoms with Crippen LogP contribution in [-0.2, 0) is 30.9 Å². The Balaban J connectivity index is 0.000000477. The Kier molecular flexibility index (Phi) is 15.8. The van der Waals surface area contributed by atoms with E-state index in [1.165, 1.54) is 27.8 Å². The molecule has 0 bridgehead atoms. The number of ether oxygens (including phenoxy) is 1. The lowest BCUT2D eigenvalue weighted by Gasteiger charge is -2.20. The first-order chi connectivity index (χ1) is 30.1. The van der Waals surface area contributed by atoms with Gasteiger partial charge in [-0.3, -0.25) is 4.57 Å². The van der Waals surface area contributed by atoms with E-state index < -0.39 is 58.9 Å². The second-order valence-corrected chi connectivity index (χ2v) is 15.7. The van der Waals surface area contributed by atoms with Crippen LogP contribution in [0.15, 0.2) is 41.6 Å². The van der Waals surface area contributed by atoms with E-state index in [1.54, 1.807) is 18.2 Å². The van der Waals surface area contributed by atoms with E-state index in [1.807, 2.05) is 11.8 Å². The maximum absolute atomic E-state index is 12.7. The smallest absolute Gasteiger partial charge is 0.475 e. The molecule has 3 aliphatic heterocycles. The molecule has 1 aromatic carbocycles. The van der Waals surface area contributed by atoms with Crippen molar-refractivity contribution in [3.63, 3.8) is 0 Å². The van der Waals surface area contributed by atoms with Crippen molar-refractivity contribution in [2.24, 2.45) is 0 Å². The second kappa shape index (κ2) is 20.7. The molecule has 7 rings (SSSR count). The molecule has 9 N–H and O–H groups in total. The molecule has 3 saturated heterocycles. The van der Waals surface area contributed by atoms with Gasteiger partial charge < -0.3 is 51.3 Å². The lowest BCUT2D eigenvalue weighted by molar-refractivity contribution is -0.193. The summed E-state index contributed by atoms with van der Waals surface area (Å²) in [5.41, 5.74) is 0.634. The van der Waals surface area contributed by atoms with Gasteiger partial charge in [-0.2, -0.15) is 41.1 Å². The molecule has 24 nitrogen and oxygen atoms in total. The average Bonchev–Trinajstić information content (AvgIpc) is 4.10. The number of carbonyl (C=O) groups is 3. The minimum Gasteiger partial charge on any atom is -0.475 e. The van der Waals surface area contributed by atoms with Crippen molar-refractivity contribution >= 4 is 50.9 Å². The molecule has 2 amide bonds. The molecule has 6 atom stereocenters. The summed E-state index contributed by atoms with van der Waals surface area (Å²) in [4.78, 5) is 47.9. The number of benzene rings is 1. The number of rotatable bonds is 12. The van der Waals surface area contributed by atoms with Crippen LogP contribution in [-0.4, -0.2) is 162 Å². The molecule has 3 fully saturated rings. The van der Waals surface area contributed by atoms with Crippen LogP contribution >= 0.6 is 0 Å². The number of imidazole rings is 1. The summed E-state index contributed by atoms with van der Waals surface area (Å²) in [6, 6.07) is 7.77. The summed E-state index contributed by atoms with van der Waals surface area (Å²) >= 11 is 0. The van der Waals surface area contributed by atoms with Gasteiger partial charge in [-0.25, -0.2) is 32.5 Å². The number of nitrogens with zero attached hydrogens (tertiary/aromatic N) is 9. The highest BCUT2D eigenvalue weighted by Gasteiger charge is 2.47. The molecule has 0 saturated carbocycles. The van der Waals surface area contributed by atoms with E-state index in [9.17, 15) is 49.8 Å². The zero-order chi connectivity index (χ0) is 47.0. The number of urea groups is 1. The number of alkyl halides is 6. The number of anilines is 2. The average molecular weight is 941 g/mol. The van der Waals surface area contributed by atoms with E-state index in [0.29, 0.717) is 49.0 Å². The number of amides is 2. The number of aliphatic carboxylic acids is 2. The van der Waals surface area contributed by atoms with Gasteiger partial charge in [-0.1, -0.05) is 18.2 Å². The number of sulfonamides is 1. The first-order valence-corrected chi connectivity index (χ1v) is 20.5. The van der Waals surface area contributed by atoms with Gasteiger partial charge in [0.05, 0.1) is 17.8 Å². The Morgan fingerprint density at radius 3 is 2.19 bits per heavy atom. The number of hydrogen-bond acceptors (Lipinski definition) is 17. The number of tetrazole rings is 1. The number of aryl methyl sites for hydroxylation is 1. The largest absolute Gasteiger partial charge is 0.490 e. The number of aliphatic hydroxyl groups is 2. The molecule has 31 heteroatoms. The quantitative estimate of drug-likeness (QED) is 0.0652. The van der Waals surface area contributed by atoms with Gasteiger partial charge in [0, 0.05) is 44.8 Å². The standard InChI is InChI=1S/C29H40N14O6S.2C2HF3O2/c1-2-43-39-25(38-40-43)23-21(44)22(45)27(49-23)42-16-32-20-24(31-11-12-33-50(47,48)19-6-4-3-5-7-19)36-28(37-26(20)42)41-13-9-18(15-41)35-29(46)34-17-8-10-30-14-17;2*3-2(4,5)1(6)7/h3-7,16-18,21-23,27,30,33,44-45H,2,8-15H2,1H3,(H,31,36,37)(H2,34,35,46);2*(H,6,7)/t17-,18-,21+,22-,23+,27-;;/m1../s1. The topological polar surface area (TPSA) is 326 Å². The molecule has 64 heavy (non-hydrogen) atoms. The highest BCUT2D eigenvalue weighted by atomic mass is 32.2. The van der Waals surface area contributed by atoms with Gasteiger partial charge in [0.25, 0.3) is 0 Å². The Hall–Kier alpha value is -6.02. The molecule has 0 spiro atoms.